The average molecular weight is 630 g/mol. The number of benzene rings is 9. The quantitative estimate of drug-likeness (QED) is 0.177. The van der Waals surface area contributed by atoms with Crippen molar-refractivity contribution in [3.05, 3.63) is 182 Å². The molecule has 0 aliphatic heterocycles. The van der Waals surface area contributed by atoms with Gasteiger partial charge in [0.1, 0.15) is 11.2 Å². The third-order valence-corrected chi connectivity index (χ3v) is 9.48. The van der Waals surface area contributed by atoms with E-state index in [-0.39, 0.29) is 51.9 Å². The van der Waals surface area contributed by atoms with Gasteiger partial charge in [0, 0.05) is 10.8 Å². The highest BCUT2D eigenvalue weighted by Gasteiger charge is 2.19. The summed E-state index contributed by atoms with van der Waals surface area (Å²) in [5.41, 5.74) is 6.21. The molecule has 1 heteroatoms. The Labute approximate surface area is 294 Å². The second-order valence-electron chi connectivity index (χ2n) is 12.3. The fraction of sp³-hybridized carbons (Fsp3) is 0. The Kier molecular flexibility index (Phi) is 4.85. The molecule has 0 spiro atoms. The van der Waals surface area contributed by atoms with E-state index < -0.39 is 12.1 Å². The van der Waals surface area contributed by atoms with Crippen molar-refractivity contribution in [2.75, 3.05) is 0 Å². The lowest BCUT2D eigenvalue weighted by Gasteiger charge is -2.19. The Morgan fingerprint density at radius 3 is 1.80 bits per heavy atom. The van der Waals surface area contributed by atoms with Gasteiger partial charge in [0.2, 0.25) is 0 Å². The molecule has 10 rings (SSSR count). The van der Waals surface area contributed by atoms with Crippen LogP contribution in [0.1, 0.15) is 9.60 Å². The van der Waals surface area contributed by atoms with E-state index in [1.165, 1.54) is 0 Å². The van der Waals surface area contributed by atoms with E-state index in [0.717, 1.165) is 32.7 Å². The van der Waals surface area contributed by atoms with Gasteiger partial charge in [0.25, 0.3) is 0 Å². The van der Waals surface area contributed by atoms with Crippen LogP contribution in [0.4, 0.5) is 0 Å². The Hall–Kier alpha value is -6.44. The van der Waals surface area contributed by atoms with Gasteiger partial charge in [-0.3, -0.25) is 0 Å². The zero-order valence-electron chi connectivity index (χ0n) is 33.2. The first kappa shape index (κ1) is 21.4. The normalized spacial score (nSPS) is 13.7. The highest BCUT2D eigenvalue weighted by atomic mass is 16.3. The molecule has 9 aromatic carbocycles. The topological polar surface area (TPSA) is 13.1 Å². The van der Waals surface area contributed by atoms with Gasteiger partial charge in [-0.15, -0.1) is 0 Å². The standard InChI is InChI=1S/C48H30O/c1-2-10-31(11-3-1)37-24-26-42-44(29-37)47(34-21-18-33(19-22-34)36-23-20-32-12-4-5-13-35(32)28-36)40-15-6-7-16-41(40)48(42)38-25-27-46-43(30-38)39-14-8-9-17-45(39)49-46/h1-30H/i6D,7D,15D,16D,24D,26D,29D. The molecule has 1 aromatic heterocycles. The minimum absolute atomic E-state index is 0.00575. The van der Waals surface area contributed by atoms with E-state index >= 15 is 0 Å². The first-order valence-corrected chi connectivity index (χ1v) is 16.3. The summed E-state index contributed by atoms with van der Waals surface area (Å²) in [5, 5.41) is 5.02. The van der Waals surface area contributed by atoms with Crippen LogP contribution in [-0.4, -0.2) is 0 Å². The molecular weight excluding hydrogens is 593 g/mol. The second kappa shape index (κ2) is 11.1. The lowest BCUT2D eigenvalue weighted by Crippen LogP contribution is -1.92. The Morgan fingerprint density at radius 1 is 0.347 bits per heavy atom. The molecule has 0 atom stereocenters. The average Bonchev–Trinajstić information content (AvgIpc) is 3.61. The van der Waals surface area contributed by atoms with Crippen LogP contribution >= 0.6 is 0 Å². The Bertz CT molecular complexity index is 3260. The maximum absolute atomic E-state index is 9.92. The summed E-state index contributed by atoms with van der Waals surface area (Å²) in [7, 11) is 0. The molecule has 1 nitrogen and oxygen atoms in total. The lowest BCUT2D eigenvalue weighted by molar-refractivity contribution is 0.669. The van der Waals surface area contributed by atoms with Crippen molar-refractivity contribution >= 4 is 54.3 Å². The number of para-hydroxylation sites is 1. The van der Waals surface area contributed by atoms with Crippen LogP contribution in [0.2, 0.25) is 0 Å². The highest BCUT2D eigenvalue weighted by Crippen LogP contribution is 2.46. The first-order valence-electron chi connectivity index (χ1n) is 19.8. The van der Waals surface area contributed by atoms with Gasteiger partial charge >= 0.3 is 0 Å². The molecule has 10 aromatic rings. The van der Waals surface area contributed by atoms with Crippen LogP contribution in [0, 0.1) is 0 Å². The fourth-order valence-electron chi connectivity index (χ4n) is 7.13. The predicted octanol–water partition coefficient (Wildman–Crippen LogP) is 13.7. The summed E-state index contributed by atoms with van der Waals surface area (Å²) in [6.45, 7) is 0. The molecular formula is C48H30O. The summed E-state index contributed by atoms with van der Waals surface area (Å²) in [6, 6.07) is 43.2. The number of rotatable bonds is 4. The molecule has 0 N–H and O–H groups in total. The summed E-state index contributed by atoms with van der Waals surface area (Å²) in [4.78, 5) is 0. The van der Waals surface area contributed by atoms with Gasteiger partial charge in [0.15, 0.2) is 0 Å². The number of fused-ring (bicyclic) bond motifs is 6. The molecule has 228 valence electrons. The van der Waals surface area contributed by atoms with Crippen molar-refractivity contribution in [3.63, 3.8) is 0 Å². The molecule has 0 aliphatic rings. The Morgan fingerprint density at radius 2 is 0.959 bits per heavy atom. The van der Waals surface area contributed by atoms with E-state index in [2.05, 4.69) is 30.3 Å². The third kappa shape index (κ3) is 4.55. The predicted molar refractivity (Wildman–Crippen MR) is 208 cm³/mol. The van der Waals surface area contributed by atoms with Crippen LogP contribution in [0.5, 0.6) is 0 Å². The van der Waals surface area contributed by atoms with Crippen molar-refractivity contribution in [2.45, 2.75) is 0 Å². The molecule has 49 heavy (non-hydrogen) atoms. The SMILES string of the molecule is [2H]c1c([2H])c([2H])c2c(-c3ccc(-c4ccc5ccccc5c4)cc3)c3c([2H])c(-c4ccccc4)c([2H])c([2H])c3c(-c3ccc4oc5ccccc5c4c3)c2c1[2H]. The van der Waals surface area contributed by atoms with Gasteiger partial charge < -0.3 is 4.42 Å². The lowest BCUT2D eigenvalue weighted by atomic mass is 9.84. The molecule has 1 heterocycles. The zero-order chi connectivity index (χ0) is 38.4. The van der Waals surface area contributed by atoms with Crippen LogP contribution in [-0.2, 0) is 0 Å². The Balaban J connectivity index is 1.36. The van der Waals surface area contributed by atoms with Crippen LogP contribution in [0.25, 0.3) is 98.8 Å². The van der Waals surface area contributed by atoms with E-state index in [4.69, 9.17) is 7.16 Å². The van der Waals surface area contributed by atoms with E-state index in [9.17, 15) is 6.85 Å². The minimum Gasteiger partial charge on any atom is -0.456 e. The number of furan rings is 1. The van der Waals surface area contributed by atoms with Crippen LogP contribution < -0.4 is 0 Å². The number of hydrogen-bond acceptors (Lipinski definition) is 1. The molecule has 0 bridgehead atoms. The largest absolute Gasteiger partial charge is 0.456 e. The maximum atomic E-state index is 9.92. The molecule has 0 unspecified atom stereocenters. The summed E-state index contributed by atoms with van der Waals surface area (Å²) >= 11 is 0. The first-order chi connectivity index (χ1) is 27.2. The van der Waals surface area contributed by atoms with Crippen molar-refractivity contribution in [1.29, 1.82) is 0 Å². The molecule has 0 amide bonds. The van der Waals surface area contributed by atoms with E-state index in [0.29, 0.717) is 44.4 Å². The van der Waals surface area contributed by atoms with Gasteiger partial charge in [-0.05, 0) is 107 Å². The van der Waals surface area contributed by atoms with Gasteiger partial charge in [-0.2, -0.15) is 0 Å². The summed E-state index contributed by atoms with van der Waals surface area (Å²) in [5.74, 6) is 0. The van der Waals surface area contributed by atoms with Crippen LogP contribution in [0.15, 0.2) is 186 Å². The van der Waals surface area contributed by atoms with Gasteiger partial charge in [0.05, 0.1) is 9.60 Å². The van der Waals surface area contributed by atoms with Crippen molar-refractivity contribution in [3.8, 4) is 44.5 Å². The zero-order valence-corrected chi connectivity index (χ0v) is 26.2. The molecule has 0 aliphatic carbocycles. The van der Waals surface area contributed by atoms with Crippen LogP contribution in [0.3, 0.4) is 0 Å². The fourth-order valence-corrected chi connectivity index (χ4v) is 7.13. The molecule has 0 fully saturated rings. The van der Waals surface area contributed by atoms with E-state index in [1.54, 1.807) is 0 Å². The summed E-state index contributed by atoms with van der Waals surface area (Å²) < 4.78 is 71.8. The highest BCUT2D eigenvalue weighted by molar-refractivity contribution is 6.22. The second-order valence-corrected chi connectivity index (χ2v) is 12.3. The number of hydrogen-bond donors (Lipinski definition) is 0. The summed E-state index contributed by atoms with van der Waals surface area (Å²) in [6.07, 6.45) is 0. The van der Waals surface area contributed by atoms with Gasteiger partial charge in [-0.1, -0.05) is 152 Å². The minimum atomic E-state index is -0.403. The maximum Gasteiger partial charge on any atom is 0.135 e. The molecule has 0 saturated carbocycles. The van der Waals surface area contributed by atoms with Crippen molar-refractivity contribution in [2.24, 2.45) is 0 Å². The van der Waals surface area contributed by atoms with Gasteiger partial charge in [-0.25, -0.2) is 0 Å². The molecule has 0 radical (unpaired) electrons. The van der Waals surface area contributed by atoms with Crippen molar-refractivity contribution in [1.82, 2.24) is 0 Å². The third-order valence-electron chi connectivity index (χ3n) is 9.48. The smallest absolute Gasteiger partial charge is 0.135 e. The molecule has 0 saturated heterocycles. The van der Waals surface area contributed by atoms with E-state index in [1.807, 2.05) is 109 Å². The van der Waals surface area contributed by atoms with Crippen molar-refractivity contribution < 1.29 is 14.0 Å². The monoisotopic (exact) mass is 629 g/mol.